The molecule has 4 nitrogen and oxygen atoms in total. The van der Waals surface area contributed by atoms with Gasteiger partial charge in [-0.3, -0.25) is 10.0 Å². The number of nitrogens with one attached hydrogen (secondary N) is 1. The number of hydrogen-bond acceptors (Lipinski definition) is 4. The number of hydrazine groups is 1. The summed E-state index contributed by atoms with van der Waals surface area (Å²) in [7, 11) is 3.92. The van der Waals surface area contributed by atoms with Gasteiger partial charge in [-0.1, -0.05) is 60.7 Å². The topological polar surface area (TPSA) is 30.9 Å². The van der Waals surface area contributed by atoms with Gasteiger partial charge >= 0.3 is 0 Å². The van der Waals surface area contributed by atoms with E-state index in [1.54, 1.807) is 0 Å². The third kappa shape index (κ3) is 2.14. The van der Waals surface area contributed by atoms with Crippen LogP contribution in [0.1, 0.15) is 17.3 Å². The van der Waals surface area contributed by atoms with Gasteiger partial charge in [0.15, 0.2) is 12.0 Å². The Morgan fingerprint density at radius 1 is 0.950 bits per heavy atom. The van der Waals surface area contributed by atoms with E-state index in [1.165, 1.54) is 5.56 Å². The third-order valence-electron chi connectivity index (χ3n) is 3.45. The molecule has 2 aromatic rings. The Balaban J connectivity index is 1.97. The Labute approximate surface area is 119 Å². The summed E-state index contributed by atoms with van der Waals surface area (Å²) in [4.78, 5) is 0. The van der Waals surface area contributed by atoms with Crippen LogP contribution in [0.15, 0.2) is 65.8 Å². The van der Waals surface area contributed by atoms with E-state index in [9.17, 15) is 0 Å². The second kappa shape index (κ2) is 5.35. The van der Waals surface area contributed by atoms with Crippen molar-refractivity contribution in [2.75, 3.05) is 14.1 Å². The minimum Gasteiger partial charge on any atom is -0.270 e. The first kappa shape index (κ1) is 12.7. The van der Waals surface area contributed by atoms with Crippen molar-refractivity contribution in [1.29, 1.82) is 0 Å². The molecule has 0 saturated heterocycles. The molecule has 0 fully saturated rings. The molecule has 1 unspecified atom stereocenters. The van der Waals surface area contributed by atoms with Crippen LogP contribution >= 0.6 is 0 Å². The van der Waals surface area contributed by atoms with Gasteiger partial charge in [0.2, 0.25) is 0 Å². The fourth-order valence-electron chi connectivity index (χ4n) is 2.54. The van der Waals surface area contributed by atoms with Crippen LogP contribution < -0.4 is 5.43 Å². The van der Waals surface area contributed by atoms with Crippen molar-refractivity contribution < 1.29 is 0 Å². The summed E-state index contributed by atoms with van der Waals surface area (Å²) in [6, 6.07) is 20.6. The van der Waals surface area contributed by atoms with E-state index >= 15 is 0 Å². The molecule has 1 aliphatic heterocycles. The molecule has 0 aliphatic carbocycles. The molecule has 102 valence electrons. The predicted octanol–water partition coefficient (Wildman–Crippen LogP) is 2.43. The zero-order valence-corrected chi connectivity index (χ0v) is 11.7. The number of rotatable bonds is 3. The summed E-state index contributed by atoms with van der Waals surface area (Å²) >= 11 is 0. The fraction of sp³-hybridized carbons (Fsp3) is 0.188. The molecule has 0 bridgehead atoms. The average molecular weight is 266 g/mol. The quantitative estimate of drug-likeness (QED) is 0.925. The standard InChI is InChI=1S/C16H18N4/c1-17-20-15(13-9-5-3-6-10-13)18-19(2)16(20)14-11-7-4-8-12-14/h3-12,16-17H,1-2H3. The molecule has 1 N–H and O–H groups in total. The lowest BCUT2D eigenvalue weighted by Gasteiger charge is -2.29. The average Bonchev–Trinajstić information content (AvgIpc) is 2.85. The Morgan fingerprint density at radius 2 is 1.55 bits per heavy atom. The van der Waals surface area contributed by atoms with Crippen molar-refractivity contribution in [3.63, 3.8) is 0 Å². The van der Waals surface area contributed by atoms with E-state index in [0.717, 1.165) is 11.4 Å². The molecule has 1 atom stereocenters. The molecule has 0 saturated carbocycles. The normalized spacial score (nSPS) is 18.3. The summed E-state index contributed by atoms with van der Waals surface area (Å²) in [6.45, 7) is 0. The summed E-state index contributed by atoms with van der Waals surface area (Å²) in [5.41, 5.74) is 5.56. The van der Waals surface area contributed by atoms with Crippen molar-refractivity contribution >= 4 is 5.84 Å². The van der Waals surface area contributed by atoms with Gasteiger partial charge in [0.1, 0.15) is 0 Å². The van der Waals surface area contributed by atoms with Gasteiger partial charge < -0.3 is 0 Å². The summed E-state index contributed by atoms with van der Waals surface area (Å²) < 4.78 is 0. The van der Waals surface area contributed by atoms with Crippen LogP contribution in [0.2, 0.25) is 0 Å². The van der Waals surface area contributed by atoms with E-state index in [1.807, 2.05) is 43.4 Å². The van der Waals surface area contributed by atoms with Gasteiger partial charge in [-0.2, -0.15) is 5.10 Å². The van der Waals surface area contributed by atoms with E-state index in [4.69, 9.17) is 0 Å². The molecular formula is C16H18N4. The smallest absolute Gasteiger partial charge is 0.172 e. The van der Waals surface area contributed by atoms with E-state index < -0.39 is 0 Å². The second-order valence-electron chi connectivity index (χ2n) is 4.74. The fourth-order valence-corrected chi connectivity index (χ4v) is 2.54. The highest BCUT2D eigenvalue weighted by atomic mass is 15.7. The highest BCUT2D eigenvalue weighted by Gasteiger charge is 2.33. The summed E-state index contributed by atoms with van der Waals surface area (Å²) in [5.74, 6) is 0.935. The predicted molar refractivity (Wildman–Crippen MR) is 80.8 cm³/mol. The van der Waals surface area contributed by atoms with Gasteiger partial charge in [-0.05, 0) is 5.56 Å². The zero-order valence-electron chi connectivity index (χ0n) is 11.7. The monoisotopic (exact) mass is 266 g/mol. The highest BCUT2D eigenvalue weighted by molar-refractivity contribution is 5.99. The van der Waals surface area contributed by atoms with Crippen LogP contribution in [0.25, 0.3) is 0 Å². The van der Waals surface area contributed by atoms with Crippen LogP contribution in [0, 0.1) is 0 Å². The Kier molecular flexibility index (Phi) is 3.39. The maximum Gasteiger partial charge on any atom is 0.172 e. The third-order valence-corrected chi connectivity index (χ3v) is 3.45. The first-order chi connectivity index (χ1) is 9.81. The van der Waals surface area contributed by atoms with E-state index in [2.05, 4.69) is 51.9 Å². The van der Waals surface area contributed by atoms with Gasteiger partial charge in [-0.15, -0.1) is 0 Å². The van der Waals surface area contributed by atoms with Gasteiger partial charge in [0.25, 0.3) is 0 Å². The molecule has 4 heteroatoms. The van der Waals surface area contributed by atoms with Crippen molar-refractivity contribution in [1.82, 2.24) is 15.4 Å². The van der Waals surface area contributed by atoms with Gasteiger partial charge in [0, 0.05) is 19.7 Å². The van der Waals surface area contributed by atoms with Crippen molar-refractivity contribution in [3.8, 4) is 0 Å². The highest BCUT2D eigenvalue weighted by Crippen LogP contribution is 2.29. The Morgan fingerprint density at radius 3 is 2.15 bits per heavy atom. The molecule has 0 amide bonds. The van der Waals surface area contributed by atoms with E-state index in [-0.39, 0.29) is 6.17 Å². The SMILES string of the molecule is CNN1C(c2ccccc2)=NN(C)C1c1ccccc1. The molecule has 0 spiro atoms. The zero-order chi connectivity index (χ0) is 13.9. The molecular weight excluding hydrogens is 248 g/mol. The number of nitrogens with zero attached hydrogens (tertiary/aromatic N) is 3. The largest absolute Gasteiger partial charge is 0.270 e. The number of hydrogen-bond donors (Lipinski definition) is 1. The molecule has 3 rings (SSSR count). The molecule has 20 heavy (non-hydrogen) atoms. The van der Waals surface area contributed by atoms with Gasteiger partial charge in [-0.25, -0.2) is 5.43 Å². The molecule has 0 radical (unpaired) electrons. The Hall–Kier alpha value is -2.33. The maximum absolute atomic E-state index is 4.68. The maximum atomic E-state index is 4.68. The van der Waals surface area contributed by atoms with Crippen molar-refractivity contribution in [2.45, 2.75) is 6.17 Å². The molecule has 2 aromatic carbocycles. The second-order valence-corrected chi connectivity index (χ2v) is 4.74. The van der Waals surface area contributed by atoms with Crippen molar-refractivity contribution in [3.05, 3.63) is 71.8 Å². The lowest BCUT2D eigenvalue weighted by molar-refractivity contribution is 0.129. The molecule has 0 aromatic heterocycles. The van der Waals surface area contributed by atoms with Gasteiger partial charge in [0.05, 0.1) is 0 Å². The van der Waals surface area contributed by atoms with Crippen molar-refractivity contribution in [2.24, 2.45) is 5.10 Å². The number of hydrazone groups is 1. The lowest BCUT2D eigenvalue weighted by Crippen LogP contribution is -2.42. The minimum absolute atomic E-state index is 0.0661. The van der Waals surface area contributed by atoms with E-state index in [0.29, 0.717) is 0 Å². The summed E-state index contributed by atoms with van der Waals surface area (Å²) in [6.07, 6.45) is 0.0661. The van der Waals surface area contributed by atoms with Crippen LogP contribution in [0.5, 0.6) is 0 Å². The lowest BCUT2D eigenvalue weighted by atomic mass is 10.1. The Bertz CT molecular complexity index is 594. The number of amidine groups is 1. The number of benzene rings is 2. The van der Waals surface area contributed by atoms with Crippen LogP contribution in [-0.2, 0) is 0 Å². The first-order valence-corrected chi connectivity index (χ1v) is 6.69. The minimum atomic E-state index is 0.0661. The molecule has 1 heterocycles. The first-order valence-electron chi connectivity index (χ1n) is 6.69. The van der Waals surface area contributed by atoms with Crippen LogP contribution in [-0.4, -0.2) is 29.9 Å². The van der Waals surface area contributed by atoms with Crippen LogP contribution in [0.4, 0.5) is 0 Å². The molecule has 1 aliphatic rings. The summed E-state index contributed by atoms with van der Waals surface area (Å²) in [5, 5.41) is 8.75. The van der Waals surface area contributed by atoms with Crippen LogP contribution in [0.3, 0.4) is 0 Å².